The van der Waals surface area contributed by atoms with Gasteiger partial charge in [-0.2, -0.15) is 0 Å². The lowest BCUT2D eigenvalue weighted by atomic mass is 10.1. The molecule has 1 amide bonds. The van der Waals surface area contributed by atoms with Gasteiger partial charge in [-0.15, -0.1) is 0 Å². The molecule has 0 aliphatic carbocycles. The van der Waals surface area contributed by atoms with Gasteiger partial charge in [0.05, 0.1) is 19.5 Å². The quantitative estimate of drug-likeness (QED) is 0.233. The number of nitrogens with one attached hydrogen (secondary N) is 1. The van der Waals surface area contributed by atoms with Gasteiger partial charge in [0.25, 0.3) is 5.91 Å². The minimum atomic E-state index is -0.162. The molecule has 5 rings (SSSR count). The SMILES string of the molecule is Cc1ccc(N=C2NC(=O)/C(=C\c3cc(Br)c(OCc4ccc5ccccc5c4)c(Br)c3)S2)cc1. The highest BCUT2D eigenvalue weighted by Crippen LogP contribution is 2.37. The molecular formula is C28H20Br2N2O2S. The smallest absolute Gasteiger partial charge is 0.264 e. The van der Waals surface area contributed by atoms with Crippen LogP contribution in [-0.4, -0.2) is 11.1 Å². The minimum absolute atomic E-state index is 0.162. The summed E-state index contributed by atoms with van der Waals surface area (Å²) in [4.78, 5) is 17.6. The van der Waals surface area contributed by atoms with Crippen LogP contribution in [0.3, 0.4) is 0 Å². The first-order valence-corrected chi connectivity index (χ1v) is 13.3. The van der Waals surface area contributed by atoms with Gasteiger partial charge in [-0.25, -0.2) is 4.99 Å². The maximum Gasteiger partial charge on any atom is 0.264 e. The van der Waals surface area contributed by atoms with Gasteiger partial charge in [0.1, 0.15) is 12.4 Å². The number of ether oxygens (including phenoxy) is 1. The van der Waals surface area contributed by atoms with Gasteiger partial charge in [-0.05, 0) is 109 Å². The third-order valence-corrected chi connectivity index (χ3v) is 7.52. The molecule has 0 radical (unpaired) electrons. The van der Waals surface area contributed by atoms with E-state index < -0.39 is 0 Å². The van der Waals surface area contributed by atoms with Crippen molar-refractivity contribution in [3.05, 3.63) is 109 Å². The largest absolute Gasteiger partial charge is 0.487 e. The lowest BCUT2D eigenvalue weighted by Gasteiger charge is -2.12. The van der Waals surface area contributed by atoms with E-state index in [1.54, 1.807) is 0 Å². The summed E-state index contributed by atoms with van der Waals surface area (Å²) < 4.78 is 7.73. The molecule has 0 unspecified atom stereocenters. The van der Waals surface area contributed by atoms with E-state index in [-0.39, 0.29) is 5.91 Å². The Bertz CT molecular complexity index is 1470. The molecule has 1 N–H and O–H groups in total. The maximum absolute atomic E-state index is 12.5. The van der Waals surface area contributed by atoms with E-state index in [2.05, 4.69) is 72.5 Å². The zero-order valence-electron chi connectivity index (χ0n) is 18.7. The number of carbonyl (C=O) groups excluding carboxylic acids is 1. The van der Waals surface area contributed by atoms with Crippen molar-refractivity contribution in [2.24, 2.45) is 4.99 Å². The van der Waals surface area contributed by atoms with Gasteiger partial charge in [0.15, 0.2) is 5.17 Å². The van der Waals surface area contributed by atoms with E-state index in [1.165, 1.54) is 28.1 Å². The average molecular weight is 608 g/mol. The van der Waals surface area contributed by atoms with Crippen LogP contribution in [0, 0.1) is 6.92 Å². The molecule has 0 spiro atoms. The number of fused-ring (bicyclic) bond motifs is 1. The molecule has 4 nitrogen and oxygen atoms in total. The number of amides is 1. The maximum atomic E-state index is 12.5. The van der Waals surface area contributed by atoms with Crippen molar-refractivity contribution in [2.45, 2.75) is 13.5 Å². The summed E-state index contributed by atoms with van der Waals surface area (Å²) in [5.74, 6) is 0.551. The third-order valence-electron chi connectivity index (χ3n) is 5.43. The Hall–Kier alpha value is -2.87. The Morgan fingerprint density at radius 1 is 0.943 bits per heavy atom. The van der Waals surface area contributed by atoms with Gasteiger partial charge < -0.3 is 10.1 Å². The van der Waals surface area contributed by atoms with Crippen LogP contribution in [0.4, 0.5) is 5.69 Å². The lowest BCUT2D eigenvalue weighted by molar-refractivity contribution is -0.115. The molecule has 1 saturated heterocycles. The number of hydrogen-bond acceptors (Lipinski definition) is 4. The first kappa shape index (κ1) is 23.9. The highest BCUT2D eigenvalue weighted by Gasteiger charge is 2.24. The number of nitrogens with zero attached hydrogens (tertiary/aromatic N) is 1. The molecule has 7 heteroatoms. The number of aryl methyl sites for hydroxylation is 1. The van der Waals surface area contributed by atoms with Crippen molar-refractivity contribution in [3.63, 3.8) is 0 Å². The van der Waals surface area contributed by atoms with Crippen LogP contribution in [0.15, 0.2) is 97.7 Å². The first-order chi connectivity index (χ1) is 16.9. The Morgan fingerprint density at radius 2 is 1.66 bits per heavy atom. The molecule has 1 aliphatic heterocycles. The molecule has 35 heavy (non-hydrogen) atoms. The molecule has 0 saturated carbocycles. The normalized spacial score (nSPS) is 15.7. The van der Waals surface area contributed by atoms with Crippen molar-refractivity contribution < 1.29 is 9.53 Å². The highest BCUT2D eigenvalue weighted by molar-refractivity contribution is 9.11. The number of carbonyl (C=O) groups is 1. The monoisotopic (exact) mass is 606 g/mol. The second kappa shape index (κ2) is 10.4. The summed E-state index contributed by atoms with van der Waals surface area (Å²) in [6.45, 7) is 2.47. The van der Waals surface area contributed by atoms with E-state index in [0.29, 0.717) is 22.4 Å². The van der Waals surface area contributed by atoms with Gasteiger partial charge in [0, 0.05) is 0 Å². The zero-order chi connectivity index (χ0) is 24.4. The van der Waals surface area contributed by atoms with Crippen molar-refractivity contribution in [1.29, 1.82) is 0 Å². The van der Waals surface area contributed by atoms with Crippen molar-refractivity contribution >= 4 is 77.2 Å². The fourth-order valence-corrected chi connectivity index (χ4v) is 5.95. The number of halogens is 2. The fourth-order valence-electron chi connectivity index (χ4n) is 3.65. The molecule has 0 aromatic heterocycles. The van der Waals surface area contributed by atoms with Crippen LogP contribution in [0.5, 0.6) is 5.75 Å². The van der Waals surface area contributed by atoms with Gasteiger partial charge in [-0.3, -0.25) is 4.79 Å². The summed E-state index contributed by atoms with van der Waals surface area (Å²) in [5.41, 5.74) is 3.93. The molecule has 1 aliphatic rings. The number of aliphatic imine (C=N–C) groups is 1. The van der Waals surface area contributed by atoms with Gasteiger partial charge >= 0.3 is 0 Å². The van der Waals surface area contributed by atoms with E-state index in [0.717, 1.165) is 25.8 Å². The molecule has 174 valence electrons. The first-order valence-electron chi connectivity index (χ1n) is 10.9. The van der Waals surface area contributed by atoms with Gasteiger partial charge in [-0.1, -0.05) is 54.1 Å². The summed E-state index contributed by atoms with van der Waals surface area (Å²) in [6.07, 6.45) is 1.85. The number of benzene rings is 4. The Morgan fingerprint density at radius 3 is 2.40 bits per heavy atom. The predicted octanol–water partition coefficient (Wildman–Crippen LogP) is 8.14. The zero-order valence-corrected chi connectivity index (χ0v) is 22.7. The van der Waals surface area contributed by atoms with Crippen LogP contribution in [0.25, 0.3) is 16.8 Å². The number of thioether (sulfide) groups is 1. The summed E-state index contributed by atoms with van der Waals surface area (Å²) in [6, 6.07) is 26.3. The van der Waals surface area contributed by atoms with Crippen LogP contribution >= 0.6 is 43.6 Å². The van der Waals surface area contributed by atoms with Crippen LogP contribution < -0.4 is 10.1 Å². The van der Waals surface area contributed by atoms with E-state index in [9.17, 15) is 4.79 Å². The number of hydrogen-bond donors (Lipinski definition) is 1. The van der Waals surface area contributed by atoms with E-state index in [1.807, 2.05) is 61.5 Å². The predicted molar refractivity (Wildman–Crippen MR) is 152 cm³/mol. The topological polar surface area (TPSA) is 50.7 Å². The van der Waals surface area contributed by atoms with Crippen molar-refractivity contribution in [1.82, 2.24) is 5.32 Å². The number of rotatable bonds is 5. The Labute approximate surface area is 224 Å². The minimum Gasteiger partial charge on any atom is -0.487 e. The summed E-state index contributed by atoms with van der Waals surface area (Å²) >= 11 is 8.57. The molecule has 1 heterocycles. The molecule has 1 fully saturated rings. The second-order valence-electron chi connectivity index (χ2n) is 8.10. The third kappa shape index (κ3) is 5.69. The second-order valence-corrected chi connectivity index (χ2v) is 10.8. The molecule has 0 atom stereocenters. The highest BCUT2D eigenvalue weighted by atomic mass is 79.9. The van der Waals surface area contributed by atoms with Crippen molar-refractivity contribution in [2.75, 3.05) is 0 Å². The average Bonchev–Trinajstić information content (AvgIpc) is 3.18. The Kier molecular flexibility index (Phi) is 7.09. The summed E-state index contributed by atoms with van der Waals surface area (Å²) in [7, 11) is 0. The fraction of sp³-hybridized carbons (Fsp3) is 0.0714. The van der Waals surface area contributed by atoms with Crippen LogP contribution in [0.2, 0.25) is 0 Å². The van der Waals surface area contributed by atoms with E-state index >= 15 is 0 Å². The molecular weight excluding hydrogens is 588 g/mol. The standard InChI is InChI=1S/C28H20Br2N2O2S/c1-17-6-10-22(11-7-17)31-28-32-27(33)25(35-28)15-19-13-23(29)26(24(30)14-19)34-16-18-8-9-20-4-2-3-5-21(20)12-18/h2-15H,16H2,1H3,(H,31,32,33)/b25-15+. The molecule has 0 bridgehead atoms. The van der Waals surface area contributed by atoms with Crippen LogP contribution in [0.1, 0.15) is 16.7 Å². The molecule has 4 aromatic carbocycles. The summed E-state index contributed by atoms with van der Waals surface area (Å²) in [5, 5.41) is 5.80. The van der Waals surface area contributed by atoms with Crippen molar-refractivity contribution in [3.8, 4) is 5.75 Å². The lowest BCUT2D eigenvalue weighted by Crippen LogP contribution is -2.19. The van der Waals surface area contributed by atoms with E-state index in [4.69, 9.17) is 4.74 Å². The Balaban J connectivity index is 1.31. The number of amidine groups is 1. The van der Waals surface area contributed by atoms with Gasteiger partial charge in [0.2, 0.25) is 0 Å². The van der Waals surface area contributed by atoms with Crippen LogP contribution in [-0.2, 0) is 11.4 Å². The molecule has 4 aromatic rings.